The lowest BCUT2D eigenvalue weighted by Gasteiger charge is -2.13. The van der Waals surface area contributed by atoms with Crippen LogP contribution in [0.2, 0.25) is 0 Å². The van der Waals surface area contributed by atoms with Gasteiger partial charge in [-0.2, -0.15) is 0 Å². The number of hydrogen-bond acceptors (Lipinski definition) is 3. The zero-order valence-corrected chi connectivity index (χ0v) is 15.1. The number of anilines is 1. The van der Waals surface area contributed by atoms with Crippen LogP contribution in [0.1, 0.15) is 21.5 Å². The van der Waals surface area contributed by atoms with Gasteiger partial charge < -0.3 is 14.8 Å². The summed E-state index contributed by atoms with van der Waals surface area (Å²) in [4.78, 5) is 12.4. The largest absolute Gasteiger partial charge is 0.490 e. The van der Waals surface area contributed by atoms with Crippen molar-refractivity contribution in [2.75, 3.05) is 25.6 Å². The van der Waals surface area contributed by atoms with Gasteiger partial charge in [0.2, 0.25) is 0 Å². The average Bonchev–Trinajstić information content (AvgIpc) is 2.52. The summed E-state index contributed by atoms with van der Waals surface area (Å²) in [5, 5.41) is 2.97. The Morgan fingerprint density at radius 2 is 1.83 bits per heavy atom. The van der Waals surface area contributed by atoms with Crippen LogP contribution in [-0.4, -0.2) is 26.2 Å². The molecule has 2 rings (SSSR count). The molecule has 0 atom stereocenters. The highest BCUT2D eigenvalue weighted by Crippen LogP contribution is 2.27. The van der Waals surface area contributed by atoms with Gasteiger partial charge in [-0.05, 0) is 59.1 Å². The minimum Gasteiger partial charge on any atom is -0.490 e. The van der Waals surface area contributed by atoms with Crippen LogP contribution in [0.5, 0.6) is 5.75 Å². The van der Waals surface area contributed by atoms with E-state index in [4.69, 9.17) is 9.47 Å². The van der Waals surface area contributed by atoms with Crippen molar-refractivity contribution in [1.29, 1.82) is 0 Å². The number of para-hydroxylation sites is 1. The van der Waals surface area contributed by atoms with Gasteiger partial charge in [0.05, 0.1) is 11.1 Å². The zero-order valence-electron chi connectivity index (χ0n) is 13.5. The van der Waals surface area contributed by atoms with E-state index in [0.29, 0.717) is 24.5 Å². The van der Waals surface area contributed by atoms with Gasteiger partial charge in [-0.15, -0.1) is 0 Å². The zero-order chi connectivity index (χ0) is 16.8. The van der Waals surface area contributed by atoms with Crippen LogP contribution in [0.3, 0.4) is 0 Å². The molecule has 1 amide bonds. The van der Waals surface area contributed by atoms with Crippen LogP contribution >= 0.6 is 15.9 Å². The predicted molar refractivity (Wildman–Crippen MR) is 95.4 cm³/mol. The summed E-state index contributed by atoms with van der Waals surface area (Å²) in [7, 11) is 1.62. The second-order valence-electron chi connectivity index (χ2n) is 5.21. The van der Waals surface area contributed by atoms with Gasteiger partial charge >= 0.3 is 0 Å². The quantitative estimate of drug-likeness (QED) is 0.761. The van der Waals surface area contributed by atoms with E-state index in [-0.39, 0.29) is 5.91 Å². The molecule has 0 aromatic heterocycles. The van der Waals surface area contributed by atoms with E-state index in [9.17, 15) is 4.79 Å². The molecule has 23 heavy (non-hydrogen) atoms. The van der Waals surface area contributed by atoms with Crippen molar-refractivity contribution >= 4 is 27.5 Å². The maximum absolute atomic E-state index is 12.4. The first-order valence-electron chi connectivity index (χ1n) is 7.31. The van der Waals surface area contributed by atoms with E-state index in [0.717, 1.165) is 21.3 Å². The Bertz CT molecular complexity index is 680. The molecule has 0 spiro atoms. The van der Waals surface area contributed by atoms with Crippen LogP contribution in [0.25, 0.3) is 0 Å². The van der Waals surface area contributed by atoms with Gasteiger partial charge in [0.25, 0.3) is 5.91 Å². The molecule has 5 heteroatoms. The summed E-state index contributed by atoms with van der Waals surface area (Å²) in [5.74, 6) is 0.539. The first-order chi connectivity index (χ1) is 11.0. The highest BCUT2D eigenvalue weighted by molar-refractivity contribution is 9.10. The lowest BCUT2D eigenvalue weighted by molar-refractivity contribution is 0.102. The van der Waals surface area contributed by atoms with E-state index in [1.807, 2.05) is 32.0 Å². The maximum atomic E-state index is 12.4. The molecular weight excluding hydrogens is 358 g/mol. The highest BCUT2D eigenvalue weighted by atomic mass is 79.9. The van der Waals surface area contributed by atoms with Crippen molar-refractivity contribution in [2.24, 2.45) is 0 Å². The second kappa shape index (κ2) is 8.13. The van der Waals surface area contributed by atoms with Crippen molar-refractivity contribution in [3.63, 3.8) is 0 Å². The molecule has 4 nitrogen and oxygen atoms in total. The van der Waals surface area contributed by atoms with Gasteiger partial charge in [-0.1, -0.05) is 18.2 Å². The lowest BCUT2D eigenvalue weighted by atomic mass is 10.1. The van der Waals surface area contributed by atoms with Crippen LogP contribution in [0.15, 0.2) is 40.9 Å². The molecule has 0 unspecified atom stereocenters. The fourth-order valence-corrected chi connectivity index (χ4v) is 2.68. The molecule has 0 saturated heterocycles. The molecule has 0 aliphatic heterocycles. The van der Waals surface area contributed by atoms with E-state index < -0.39 is 0 Å². The molecule has 0 bridgehead atoms. The first kappa shape index (κ1) is 17.5. The fraction of sp³-hybridized carbons (Fsp3) is 0.278. The summed E-state index contributed by atoms with van der Waals surface area (Å²) in [5.41, 5.74) is 3.50. The first-order valence-corrected chi connectivity index (χ1v) is 8.11. The summed E-state index contributed by atoms with van der Waals surface area (Å²) in [6, 6.07) is 11.2. The topological polar surface area (TPSA) is 47.6 Å². The van der Waals surface area contributed by atoms with Crippen molar-refractivity contribution in [2.45, 2.75) is 13.8 Å². The minimum atomic E-state index is -0.147. The van der Waals surface area contributed by atoms with E-state index in [1.165, 1.54) is 0 Å². The molecule has 0 saturated carbocycles. The molecule has 0 radical (unpaired) electrons. The number of nitrogens with one attached hydrogen (secondary N) is 1. The number of carbonyl (C=O) groups excluding carboxylic acids is 1. The lowest BCUT2D eigenvalue weighted by Crippen LogP contribution is -2.14. The van der Waals surface area contributed by atoms with Gasteiger partial charge in [0.1, 0.15) is 12.4 Å². The molecule has 1 N–H and O–H groups in total. The van der Waals surface area contributed by atoms with Crippen molar-refractivity contribution in [3.8, 4) is 5.75 Å². The van der Waals surface area contributed by atoms with Gasteiger partial charge in [-0.3, -0.25) is 4.79 Å². The van der Waals surface area contributed by atoms with Crippen LogP contribution in [0.4, 0.5) is 5.69 Å². The summed E-state index contributed by atoms with van der Waals surface area (Å²) < 4.78 is 11.3. The molecule has 0 aliphatic rings. The number of benzene rings is 2. The molecule has 0 heterocycles. The Labute approximate surface area is 144 Å². The summed E-state index contributed by atoms with van der Waals surface area (Å²) >= 11 is 3.44. The van der Waals surface area contributed by atoms with Crippen LogP contribution in [0, 0.1) is 13.8 Å². The van der Waals surface area contributed by atoms with Crippen LogP contribution in [-0.2, 0) is 4.74 Å². The predicted octanol–water partition coefficient (Wildman–Crippen LogP) is 4.34. The summed E-state index contributed by atoms with van der Waals surface area (Å²) in [6.07, 6.45) is 0. The number of methoxy groups -OCH3 is 1. The van der Waals surface area contributed by atoms with E-state index in [1.54, 1.807) is 25.3 Å². The van der Waals surface area contributed by atoms with Gasteiger partial charge in [0.15, 0.2) is 0 Å². The fourth-order valence-electron chi connectivity index (χ4n) is 2.19. The third-order valence-electron chi connectivity index (χ3n) is 3.46. The Kier molecular flexibility index (Phi) is 6.19. The molecule has 0 aliphatic carbocycles. The number of rotatable bonds is 6. The van der Waals surface area contributed by atoms with Gasteiger partial charge in [0, 0.05) is 18.4 Å². The number of aryl methyl sites for hydroxylation is 2. The maximum Gasteiger partial charge on any atom is 0.255 e. The van der Waals surface area contributed by atoms with Crippen molar-refractivity contribution in [1.82, 2.24) is 0 Å². The molecule has 122 valence electrons. The molecular formula is C18H20BrNO3. The van der Waals surface area contributed by atoms with E-state index >= 15 is 0 Å². The number of ether oxygens (including phenoxy) is 2. The minimum absolute atomic E-state index is 0.147. The standard InChI is InChI=1S/C18H20BrNO3/c1-12-5-4-6-13(2)17(12)20-18(21)14-7-8-16(15(19)11-14)23-10-9-22-3/h4-8,11H,9-10H2,1-3H3,(H,20,21). The average molecular weight is 378 g/mol. The van der Waals surface area contributed by atoms with Crippen LogP contribution < -0.4 is 10.1 Å². The van der Waals surface area contributed by atoms with Gasteiger partial charge in [-0.25, -0.2) is 0 Å². The van der Waals surface area contributed by atoms with Crippen molar-refractivity contribution in [3.05, 3.63) is 57.6 Å². The Morgan fingerprint density at radius 1 is 1.13 bits per heavy atom. The second-order valence-corrected chi connectivity index (χ2v) is 6.06. The molecule has 2 aromatic rings. The Hall–Kier alpha value is -1.85. The number of amides is 1. The molecule has 0 fully saturated rings. The number of carbonyl (C=O) groups is 1. The summed E-state index contributed by atoms with van der Waals surface area (Å²) in [6.45, 7) is 4.93. The smallest absolute Gasteiger partial charge is 0.255 e. The SMILES string of the molecule is COCCOc1ccc(C(=O)Nc2c(C)cccc2C)cc1Br. The normalized spacial score (nSPS) is 10.4. The number of hydrogen-bond donors (Lipinski definition) is 1. The third kappa shape index (κ3) is 4.56. The van der Waals surface area contributed by atoms with Crippen molar-refractivity contribution < 1.29 is 14.3 Å². The highest BCUT2D eigenvalue weighted by Gasteiger charge is 2.12. The third-order valence-corrected chi connectivity index (χ3v) is 4.08. The Balaban J connectivity index is 2.12. The number of halogens is 1. The Morgan fingerprint density at radius 3 is 2.43 bits per heavy atom. The van der Waals surface area contributed by atoms with E-state index in [2.05, 4.69) is 21.2 Å². The monoisotopic (exact) mass is 377 g/mol. The molecule has 2 aromatic carbocycles.